The molecule has 0 fully saturated rings. The van der Waals surface area contributed by atoms with Crippen molar-refractivity contribution < 1.29 is 0 Å². The van der Waals surface area contributed by atoms with Crippen LogP contribution < -0.4 is 5.56 Å². The molecule has 0 spiro atoms. The molecule has 0 aliphatic carbocycles. The lowest BCUT2D eigenvalue weighted by atomic mass is 10.1. The lowest BCUT2D eigenvalue weighted by Gasteiger charge is -2.09. The Balaban J connectivity index is 2.24. The fourth-order valence-corrected chi connectivity index (χ4v) is 2.28. The number of hydrogen-bond acceptors (Lipinski definition) is 3. The molecule has 0 atom stereocenters. The minimum atomic E-state index is -0.116. The molecule has 104 valence electrons. The van der Waals surface area contributed by atoms with E-state index in [1.54, 1.807) is 19.3 Å². The van der Waals surface area contributed by atoms with Crippen molar-refractivity contribution >= 4 is 0 Å². The van der Waals surface area contributed by atoms with Gasteiger partial charge in [-0.2, -0.15) is 0 Å². The van der Waals surface area contributed by atoms with Gasteiger partial charge in [-0.25, -0.2) is 4.98 Å². The molecule has 0 amide bonds. The molecule has 1 aromatic carbocycles. The number of H-pyrrole nitrogens is 1. The highest BCUT2D eigenvalue weighted by Gasteiger charge is 2.12. The largest absolute Gasteiger partial charge is 0.306 e. The van der Waals surface area contributed by atoms with Gasteiger partial charge in [-0.3, -0.25) is 9.78 Å². The van der Waals surface area contributed by atoms with Gasteiger partial charge in [-0.15, -0.1) is 0 Å². The molecular weight excluding hydrogens is 262 g/mol. The summed E-state index contributed by atoms with van der Waals surface area (Å²) in [7, 11) is 0. The van der Waals surface area contributed by atoms with Crippen LogP contribution in [0.5, 0.6) is 0 Å². The van der Waals surface area contributed by atoms with Crippen LogP contribution >= 0.6 is 0 Å². The summed E-state index contributed by atoms with van der Waals surface area (Å²) in [5.74, 6) is 0.573. The Bertz CT molecular complexity index is 838. The van der Waals surface area contributed by atoms with E-state index in [-0.39, 0.29) is 5.56 Å². The van der Waals surface area contributed by atoms with Crippen molar-refractivity contribution in [2.75, 3.05) is 0 Å². The van der Waals surface area contributed by atoms with E-state index >= 15 is 0 Å². The molecule has 4 nitrogen and oxygen atoms in total. The second-order valence-corrected chi connectivity index (χ2v) is 4.94. The fourth-order valence-electron chi connectivity index (χ4n) is 2.28. The van der Waals surface area contributed by atoms with Gasteiger partial charge in [0.25, 0.3) is 5.56 Å². The first kappa shape index (κ1) is 13.2. The van der Waals surface area contributed by atoms with Crippen LogP contribution in [0.2, 0.25) is 0 Å². The first-order valence-electron chi connectivity index (χ1n) is 6.74. The molecule has 3 aromatic rings. The minimum absolute atomic E-state index is 0.116. The van der Waals surface area contributed by atoms with Gasteiger partial charge in [0.2, 0.25) is 0 Å². The number of aromatic nitrogens is 3. The van der Waals surface area contributed by atoms with Crippen LogP contribution in [0.3, 0.4) is 0 Å². The number of benzene rings is 1. The zero-order valence-corrected chi connectivity index (χ0v) is 11.9. The van der Waals surface area contributed by atoms with Crippen LogP contribution in [-0.2, 0) is 0 Å². The van der Waals surface area contributed by atoms with Crippen molar-refractivity contribution in [3.05, 3.63) is 70.3 Å². The summed E-state index contributed by atoms with van der Waals surface area (Å²) < 4.78 is 0. The van der Waals surface area contributed by atoms with Crippen molar-refractivity contribution in [1.29, 1.82) is 0 Å². The van der Waals surface area contributed by atoms with Crippen LogP contribution in [-0.4, -0.2) is 15.0 Å². The molecule has 0 aliphatic heterocycles. The van der Waals surface area contributed by atoms with E-state index in [1.165, 1.54) is 0 Å². The predicted molar refractivity (Wildman–Crippen MR) is 83.0 cm³/mol. The van der Waals surface area contributed by atoms with E-state index in [0.29, 0.717) is 17.1 Å². The van der Waals surface area contributed by atoms with Crippen LogP contribution in [0.25, 0.3) is 22.6 Å². The van der Waals surface area contributed by atoms with Crippen molar-refractivity contribution in [2.45, 2.75) is 13.8 Å². The van der Waals surface area contributed by atoms with E-state index in [9.17, 15) is 4.79 Å². The smallest absolute Gasteiger partial charge is 0.254 e. The quantitative estimate of drug-likeness (QED) is 0.783. The number of pyridine rings is 1. The summed E-state index contributed by atoms with van der Waals surface area (Å²) in [5.41, 5.74) is 4.02. The summed E-state index contributed by atoms with van der Waals surface area (Å²) in [5, 5.41) is 0. The maximum absolute atomic E-state index is 12.2. The lowest BCUT2D eigenvalue weighted by molar-refractivity contribution is 1.08. The topological polar surface area (TPSA) is 58.6 Å². The Hall–Kier alpha value is -2.75. The van der Waals surface area contributed by atoms with Crippen molar-refractivity contribution in [1.82, 2.24) is 15.0 Å². The third-order valence-corrected chi connectivity index (χ3v) is 3.47. The maximum Gasteiger partial charge on any atom is 0.254 e. The first-order chi connectivity index (χ1) is 10.2. The van der Waals surface area contributed by atoms with Crippen molar-refractivity contribution in [3.63, 3.8) is 0 Å². The number of nitrogens with zero attached hydrogens (tertiary/aromatic N) is 2. The molecule has 0 aliphatic rings. The Kier molecular flexibility index (Phi) is 3.36. The van der Waals surface area contributed by atoms with Gasteiger partial charge in [0.15, 0.2) is 0 Å². The normalized spacial score (nSPS) is 10.6. The van der Waals surface area contributed by atoms with Crippen LogP contribution in [0.1, 0.15) is 11.1 Å². The third-order valence-electron chi connectivity index (χ3n) is 3.47. The monoisotopic (exact) mass is 277 g/mol. The molecule has 0 unspecified atom stereocenters. The van der Waals surface area contributed by atoms with Crippen LogP contribution in [0.4, 0.5) is 0 Å². The van der Waals surface area contributed by atoms with Gasteiger partial charge in [0.05, 0.1) is 5.69 Å². The van der Waals surface area contributed by atoms with Gasteiger partial charge in [0, 0.05) is 29.1 Å². The molecule has 0 radical (unpaired) electrons. The Morgan fingerprint density at radius 1 is 1.05 bits per heavy atom. The summed E-state index contributed by atoms with van der Waals surface area (Å²) >= 11 is 0. The van der Waals surface area contributed by atoms with Gasteiger partial charge >= 0.3 is 0 Å². The number of aromatic amines is 1. The second kappa shape index (κ2) is 5.32. The second-order valence-electron chi connectivity index (χ2n) is 4.94. The number of nitrogens with one attached hydrogen (secondary N) is 1. The molecule has 0 saturated carbocycles. The summed E-state index contributed by atoms with van der Waals surface area (Å²) in [4.78, 5) is 23.8. The Labute approximate surface area is 122 Å². The molecule has 21 heavy (non-hydrogen) atoms. The molecule has 4 heteroatoms. The minimum Gasteiger partial charge on any atom is -0.306 e. The molecule has 0 saturated heterocycles. The summed E-state index contributed by atoms with van der Waals surface area (Å²) in [6, 6.07) is 11.6. The number of rotatable bonds is 2. The lowest BCUT2D eigenvalue weighted by Crippen LogP contribution is -2.14. The highest BCUT2D eigenvalue weighted by molar-refractivity contribution is 5.67. The van der Waals surface area contributed by atoms with Crippen LogP contribution in [0, 0.1) is 13.8 Å². The summed E-state index contributed by atoms with van der Waals surface area (Å²) in [6.45, 7) is 3.74. The SMILES string of the molecule is Cc1cnccc1-c1nc(-c2ccccc2)c(C)c(=O)[nH]1. The van der Waals surface area contributed by atoms with E-state index in [1.807, 2.05) is 43.3 Å². The molecule has 2 aromatic heterocycles. The van der Waals surface area contributed by atoms with E-state index < -0.39 is 0 Å². The fraction of sp³-hybridized carbons (Fsp3) is 0.118. The third kappa shape index (κ3) is 2.48. The molecule has 3 rings (SSSR count). The van der Waals surface area contributed by atoms with Gasteiger partial charge in [0.1, 0.15) is 5.82 Å². The first-order valence-corrected chi connectivity index (χ1v) is 6.74. The van der Waals surface area contributed by atoms with Crippen molar-refractivity contribution in [3.8, 4) is 22.6 Å². The molecule has 2 heterocycles. The zero-order chi connectivity index (χ0) is 14.8. The molecule has 1 N–H and O–H groups in total. The Morgan fingerprint density at radius 2 is 1.81 bits per heavy atom. The Morgan fingerprint density at radius 3 is 2.52 bits per heavy atom. The van der Waals surface area contributed by atoms with Crippen molar-refractivity contribution in [2.24, 2.45) is 0 Å². The summed E-state index contributed by atoms with van der Waals surface area (Å²) in [6.07, 6.45) is 3.46. The van der Waals surface area contributed by atoms with Gasteiger partial charge in [-0.05, 0) is 25.5 Å². The standard InChI is InChI=1S/C17H15N3O/c1-11-10-18-9-8-14(11)16-19-15(12(2)17(21)20-16)13-6-4-3-5-7-13/h3-10H,1-2H3,(H,19,20,21). The van der Waals surface area contributed by atoms with E-state index in [2.05, 4.69) is 15.0 Å². The number of hydrogen-bond donors (Lipinski definition) is 1. The number of aryl methyl sites for hydroxylation is 1. The molecule has 0 bridgehead atoms. The van der Waals surface area contributed by atoms with E-state index in [4.69, 9.17) is 0 Å². The van der Waals surface area contributed by atoms with Gasteiger partial charge < -0.3 is 4.98 Å². The van der Waals surface area contributed by atoms with Gasteiger partial charge in [-0.1, -0.05) is 30.3 Å². The zero-order valence-electron chi connectivity index (χ0n) is 11.9. The average Bonchev–Trinajstić information content (AvgIpc) is 2.51. The predicted octanol–water partition coefficient (Wildman–Crippen LogP) is 3.12. The average molecular weight is 277 g/mol. The van der Waals surface area contributed by atoms with E-state index in [0.717, 1.165) is 16.7 Å². The van der Waals surface area contributed by atoms with Crippen LogP contribution in [0.15, 0.2) is 53.6 Å². The molecular formula is C17H15N3O. The maximum atomic E-state index is 12.2. The highest BCUT2D eigenvalue weighted by Crippen LogP contribution is 2.23. The highest BCUT2D eigenvalue weighted by atomic mass is 16.1.